The van der Waals surface area contributed by atoms with Crippen molar-refractivity contribution in [1.29, 1.82) is 0 Å². The van der Waals surface area contributed by atoms with Gasteiger partial charge in [0, 0.05) is 49.7 Å². The number of para-hydroxylation sites is 1. The van der Waals surface area contributed by atoms with E-state index < -0.39 is 11.6 Å². The molecule has 4 unspecified atom stereocenters. The summed E-state index contributed by atoms with van der Waals surface area (Å²) in [6.45, 7) is 4.78. The molecule has 7 heteroatoms. The summed E-state index contributed by atoms with van der Waals surface area (Å²) in [7, 11) is 0. The van der Waals surface area contributed by atoms with Gasteiger partial charge in [0.25, 0.3) is 0 Å². The SMILES string of the molecule is CCN=C(NC1CCN(c2c(F)cccc2F)C1)NC1C2CCOC2C12CCC2. The van der Waals surface area contributed by atoms with Crippen LogP contribution in [0.15, 0.2) is 23.2 Å². The molecule has 1 aromatic rings. The Morgan fingerprint density at radius 2 is 2.03 bits per heavy atom. The lowest BCUT2D eigenvalue weighted by Gasteiger charge is -2.63. The van der Waals surface area contributed by atoms with Crippen molar-refractivity contribution < 1.29 is 13.5 Å². The van der Waals surface area contributed by atoms with Crippen LogP contribution in [0.25, 0.3) is 0 Å². The van der Waals surface area contributed by atoms with Crippen molar-refractivity contribution in [3.63, 3.8) is 0 Å². The molecule has 2 heterocycles. The lowest BCUT2D eigenvalue weighted by Crippen LogP contribution is -2.72. The lowest BCUT2D eigenvalue weighted by atomic mass is 9.46. The van der Waals surface area contributed by atoms with Gasteiger partial charge in [-0.3, -0.25) is 4.99 Å². The number of hydrogen-bond acceptors (Lipinski definition) is 3. The van der Waals surface area contributed by atoms with Gasteiger partial charge in [-0.25, -0.2) is 8.78 Å². The van der Waals surface area contributed by atoms with Gasteiger partial charge in [-0.1, -0.05) is 12.5 Å². The third-order valence-corrected chi connectivity index (χ3v) is 7.43. The molecule has 4 atom stereocenters. The molecule has 5 rings (SSSR count). The summed E-state index contributed by atoms with van der Waals surface area (Å²) in [6, 6.07) is 4.58. The van der Waals surface area contributed by atoms with E-state index in [1.165, 1.54) is 37.5 Å². The van der Waals surface area contributed by atoms with Crippen LogP contribution in [0.2, 0.25) is 0 Å². The number of ether oxygens (including phenoxy) is 1. The Labute approximate surface area is 170 Å². The molecule has 0 bridgehead atoms. The molecule has 2 saturated heterocycles. The zero-order chi connectivity index (χ0) is 20.0. The Hall–Kier alpha value is -1.89. The van der Waals surface area contributed by atoms with Crippen molar-refractivity contribution in [1.82, 2.24) is 10.6 Å². The summed E-state index contributed by atoms with van der Waals surface area (Å²) in [4.78, 5) is 6.46. The van der Waals surface area contributed by atoms with Crippen molar-refractivity contribution in [3.05, 3.63) is 29.8 Å². The van der Waals surface area contributed by atoms with Crippen molar-refractivity contribution in [2.24, 2.45) is 16.3 Å². The van der Waals surface area contributed by atoms with Gasteiger partial charge in [-0.2, -0.15) is 0 Å². The fourth-order valence-electron chi connectivity index (χ4n) is 5.96. The number of rotatable bonds is 4. The third-order valence-electron chi connectivity index (χ3n) is 7.43. The quantitative estimate of drug-likeness (QED) is 0.598. The fraction of sp³-hybridized carbons (Fsp3) is 0.682. The van der Waals surface area contributed by atoms with E-state index >= 15 is 0 Å². The Balaban J connectivity index is 1.25. The van der Waals surface area contributed by atoms with Gasteiger partial charge in [0.1, 0.15) is 17.3 Å². The number of nitrogens with zero attached hydrogens (tertiary/aromatic N) is 2. The van der Waals surface area contributed by atoms with Gasteiger partial charge in [-0.15, -0.1) is 0 Å². The first kappa shape index (κ1) is 19.1. The van der Waals surface area contributed by atoms with E-state index in [1.54, 1.807) is 4.90 Å². The molecule has 5 nitrogen and oxygen atoms in total. The highest BCUT2D eigenvalue weighted by Gasteiger charge is 2.66. The first-order chi connectivity index (χ1) is 14.1. The van der Waals surface area contributed by atoms with Gasteiger partial charge < -0.3 is 20.3 Å². The number of anilines is 1. The molecule has 29 heavy (non-hydrogen) atoms. The maximum absolute atomic E-state index is 14.1. The van der Waals surface area contributed by atoms with Crippen LogP contribution in [-0.2, 0) is 4.74 Å². The number of benzene rings is 1. The Morgan fingerprint density at radius 3 is 2.72 bits per heavy atom. The van der Waals surface area contributed by atoms with Crippen LogP contribution in [0.4, 0.5) is 14.5 Å². The Morgan fingerprint density at radius 1 is 1.24 bits per heavy atom. The maximum Gasteiger partial charge on any atom is 0.191 e. The molecular weight excluding hydrogens is 374 g/mol. The standard InChI is InChI=1S/C22H30F2N4O/c1-2-25-21(27-19-15-8-12-29-20(15)22(19)9-4-10-22)26-14-7-11-28(13-14)18-16(23)5-3-6-17(18)24/h3,5-6,14-15,19-20H,2,4,7-13H2,1H3,(H2,25,26,27). The van der Waals surface area contributed by atoms with E-state index in [1.807, 2.05) is 6.92 Å². The molecule has 2 saturated carbocycles. The van der Waals surface area contributed by atoms with Crippen LogP contribution in [0, 0.1) is 23.0 Å². The highest BCUT2D eigenvalue weighted by atomic mass is 19.1. The molecule has 1 spiro atoms. The minimum atomic E-state index is -0.500. The second-order valence-electron chi connectivity index (χ2n) is 8.92. The van der Waals surface area contributed by atoms with Crippen LogP contribution in [0.5, 0.6) is 0 Å². The van der Waals surface area contributed by atoms with Crippen LogP contribution in [0.1, 0.15) is 39.0 Å². The average Bonchev–Trinajstić information content (AvgIpc) is 3.27. The lowest BCUT2D eigenvalue weighted by molar-refractivity contribution is -0.171. The highest BCUT2D eigenvalue weighted by molar-refractivity contribution is 5.81. The summed E-state index contributed by atoms with van der Waals surface area (Å²) < 4.78 is 34.3. The van der Waals surface area contributed by atoms with Crippen LogP contribution in [0.3, 0.4) is 0 Å². The van der Waals surface area contributed by atoms with Gasteiger partial charge in [0.05, 0.1) is 6.10 Å². The van der Waals surface area contributed by atoms with Crippen molar-refractivity contribution in [2.75, 3.05) is 31.1 Å². The number of aliphatic imine (C=N–C) groups is 1. The summed E-state index contributed by atoms with van der Waals surface area (Å²) in [5.74, 6) is 0.404. The molecule has 0 radical (unpaired) electrons. The van der Waals surface area contributed by atoms with Gasteiger partial charge >= 0.3 is 0 Å². The maximum atomic E-state index is 14.1. The Bertz CT molecular complexity index is 777. The zero-order valence-corrected chi connectivity index (χ0v) is 17.0. The van der Waals surface area contributed by atoms with E-state index in [0.717, 1.165) is 25.4 Å². The van der Waals surface area contributed by atoms with Crippen LogP contribution >= 0.6 is 0 Å². The molecule has 158 valence electrons. The molecule has 2 N–H and O–H groups in total. The minimum Gasteiger partial charge on any atom is -0.377 e. The number of guanidine groups is 1. The van der Waals surface area contributed by atoms with Crippen molar-refractivity contribution >= 4 is 11.6 Å². The van der Waals surface area contributed by atoms with Gasteiger partial charge in [-0.05, 0) is 44.7 Å². The number of nitrogens with one attached hydrogen (secondary N) is 2. The van der Waals surface area contributed by atoms with Crippen LogP contribution in [-0.4, -0.2) is 50.4 Å². The molecule has 1 aromatic carbocycles. The molecule has 0 aromatic heterocycles. The third kappa shape index (κ3) is 3.09. The van der Waals surface area contributed by atoms with Gasteiger partial charge in [0.15, 0.2) is 5.96 Å². The molecule has 2 aliphatic carbocycles. The normalized spacial score (nSPS) is 32.7. The first-order valence-electron chi connectivity index (χ1n) is 11.0. The van der Waals surface area contributed by atoms with Crippen molar-refractivity contribution in [2.45, 2.75) is 57.2 Å². The number of hydrogen-bond donors (Lipinski definition) is 2. The monoisotopic (exact) mass is 404 g/mol. The predicted octanol–water partition coefficient (Wildman–Crippen LogP) is 3.06. The molecular formula is C22H30F2N4O. The smallest absolute Gasteiger partial charge is 0.191 e. The first-order valence-corrected chi connectivity index (χ1v) is 11.0. The molecule has 4 fully saturated rings. The largest absolute Gasteiger partial charge is 0.377 e. The average molecular weight is 405 g/mol. The topological polar surface area (TPSA) is 48.9 Å². The Kier molecular flexibility index (Phi) is 4.88. The minimum absolute atomic E-state index is 0.0806. The second-order valence-corrected chi connectivity index (χ2v) is 8.92. The molecule has 2 aliphatic heterocycles. The second kappa shape index (κ2) is 7.42. The zero-order valence-electron chi connectivity index (χ0n) is 17.0. The van der Waals surface area contributed by atoms with Gasteiger partial charge in [0.2, 0.25) is 0 Å². The summed E-state index contributed by atoms with van der Waals surface area (Å²) in [5.41, 5.74) is 0.368. The fourth-order valence-corrected chi connectivity index (χ4v) is 5.96. The number of fused-ring (bicyclic) bond motifs is 2. The highest BCUT2D eigenvalue weighted by Crippen LogP contribution is 2.62. The summed E-state index contributed by atoms with van der Waals surface area (Å²) in [6.07, 6.45) is 6.10. The number of halogens is 2. The van der Waals surface area contributed by atoms with E-state index in [4.69, 9.17) is 4.74 Å². The molecule has 0 amide bonds. The molecule has 4 aliphatic rings. The van der Waals surface area contributed by atoms with E-state index in [0.29, 0.717) is 37.7 Å². The predicted molar refractivity (Wildman–Crippen MR) is 109 cm³/mol. The van der Waals surface area contributed by atoms with E-state index in [9.17, 15) is 8.78 Å². The van der Waals surface area contributed by atoms with E-state index in [2.05, 4.69) is 15.6 Å². The van der Waals surface area contributed by atoms with Crippen molar-refractivity contribution in [3.8, 4) is 0 Å². The van der Waals surface area contributed by atoms with Crippen LogP contribution < -0.4 is 15.5 Å². The van der Waals surface area contributed by atoms with E-state index in [-0.39, 0.29) is 17.1 Å². The summed E-state index contributed by atoms with van der Waals surface area (Å²) >= 11 is 0. The summed E-state index contributed by atoms with van der Waals surface area (Å²) in [5, 5.41) is 7.25.